The maximum absolute atomic E-state index is 12.4. The Labute approximate surface area is 194 Å². The molecule has 0 aliphatic heterocycles. The summed E-state index contributed by atoms with van der Waals surface area (Å²) in [6.45, 7) is 3.31. The van der Waals surface area contributed by atoms with Gasteiger partial charge in [-0.3, -0.25) is 14.9 Å². The molecule has 0 radical (unpaired) electrons. The molecule has 9 heteroatoms. The van der Waals surface area contributed by atoms with Crippen molar-refractivity contribution >= 4 is 34.4 Å². The van der Waals surface area contributed by atoms with Gasteiger partial charge >= 0.3 is 12.1 Å². The van der Waals surface area contributed by atoms with Crippen LogP contribution in [0.25, 0.3) is 11.1 Å². The van der Waals surface area contributed by atoms with Gasteiger partial charge in [-0.2, -0.15) is 0 Å². The largest absolute Gasteiger partial charge is 0.481 e. The third kappa shape index (κ3) is 4.73. The maximum Gasteiger partial charge on any atom is 0.413 e. The van der Waals surface area contributed by atoms with Crippen LogP contribution in [0.4, 0.5) is 9.93 Å². The van der Waals surface area contributed by atoms with E-state index in [1.54, 1.807) is 6.92 Å². The van der Waals surface area contributed by atoms with Crippen LogP contribution >= 0.6 is 11.3 Å². The van der Waals surface area contributed by atoms with E-state index in [1.165, 1.54) is 13.1 Å². The van der Waals surface area contributed by atoms with Crippen molar-refractivity contribution in [3.63, 3.8) is 0 Å². The number of ether oxygens (including phenoxy) is 1. The van der Waals surface area contributed by atoms with Crippen molar-refractivity contribution < 1.29 is 24.2 Å². The second kappa shape index (κ2) is 9.41. The monoisotopic (exact) mass is 465 g/mol. The number of nitrogens with zero attached hydrogens (tertiary/aromatic N) is 1. The van der Waals surface area contributed by atoms with Gasteiger partial charge in [0, 0.05) is 12.0 Å². The van der Waals surface area contributed by atoms with Crippen molar-refractivity contribution in [2.24, 2.45) is 5.92 Å². The van der Waals surface area contributed by atoms with Gasteiger partial charge in [0.2, 0.25) is 0 Å². The number of aliphatic carboxylic acids is 1. The average molecular weight is 466 g/mol. The van der Waals surface area contributed by atoms with Crippen molar-refractivity contribution in [3.8, 4) is 11.1 Å². The van der Waals surface area contributed by atoms with Crippen LogP contribution < -0.4 is 10.6 Å². The summed E-state index contributed by atoms with van der Waals surface area (Å²) in [4.78, 5) is 40.1. The number of aromatic nitrogens is 1. The number of fused-ring (bicyclic) bond motifs is 3. The summed E-state index contributed by atoms with van der Waals surface area (Å²) >= 11 is 0.984. The summed E-state index contributed by atoms with van der Waals surface area (Å²) in [6.07, 6.45) is 0.670. The summed E-state index contributed by atoms with van der Waals surface area (Å²) < 4.78 is 5.49. The molecule has 0 saturated carbocycles. The highest BCUT2D eigenvalue weighted by molar-refractivity contribution is 7.17. The van der Waals surface area contributed by atoms with Crippen LogP contribution in [0.2, 0.25) is 0 Å². The van der Waals surface area contributed by atoms with Crippen molar-refractivity contribution in [2.45, 2.75) is 25.8 Å². The molecule has 0 saturated heterocycles. The van der Waals surface area contributed by atoms with Crippen LogP contribution in [0.3, 0.4) is 0 Å². The standard InChI is InChI=1S/C24H23N3O5S/c1-13(22(29)30)14(2)26-21(28)20-11-25-23(33-20)27-24(31)32-12-19-17-9-5-3-7-15(17)16-8-4-6-10-18(16)19/h3-11,13-14,19H,12H2,1-2H3,(H,26,28)(H,29,30)(H,25,27,31). The number of amides is 2. The molecule has 2 aromatic carbocycles. The number of carbonyl (C=O) groups excluding carboxylic acids is 2. The van der Waals surface area contributed by atoms with Crippen LogP contribution in [-0.4, -0.2) is 40.7 Å². The molecule has 1 aliphatic rings. The van der Waals surface area contributed by atoms with Gasteiger partial charge in [-0.25, -0.2) is 9.78 Å². The lowest BCUT2D eigenvalue weighted by molar-refractivity contribution is -0.141. The lowest BCUT2D eigenvalue weighted by atomic mass is 9.98. The Morgan fingerprint density at radius 1 is 1.06 bits per heavy atom. The number of anilines is 1. The molecule has 4 rings (SSSR count). The number of carboxylic acids is 1. The van der Waals surface area contributed by atoms with E-state index < -0.39 is 29.9 Å². The molecule has 0 spiro atoms. The molecule has 0 fully saturated rings. The minimum absolute atomic E-state index is 0.0569. The quantitative estimate of drug-likeness (QED) is 0.478. The van der Waals surface area contributed by atoms with E-state index in [0.717, 1.165) is 33.6 Å². The minimum Gasteiger partial charge on any atom is -0.481 e. The first-order chi connectivity index (χ1) is 15.8. The average Bonchev–Trinajstić information content (AvgIpc) is 3.40. The number of carboxylic acid groups (broad SMARTS) is 1. The lowest BCUT2D eigenvalue weighted by Gasteiger charge is -2.16. The molecule has 2 atom stereocenters. The molecular formula is C24H23N3O5S. The second-order valence-electron chi connectivity index (χ2n) is 7.87. The first-order valence-corrected chi connectivity index (χ1v) is 11.3. The number of rotatable bonds is 7. The van der Waals surface area contributed by atoms with Crippen LogP contribution in [0.1, 0.15) is 40.6 Å². The zero-order valence-corrected chi connectivity index (χ0v) is 18.9. The van der Waals surface area contributed by atoms with Crippen LogP contribution in [0.15, 0.2) is 54.7 Å². The van der Waals surface area contributed by atoms with Crippen molar-refractivity contribution in [3.05, 3.63) is 70.7 Å². The fraction of sp³-hybridized carbons (Fsp3) is 0.250. The lowest BCUT2D eigenvalue weighted by Crippen LogP contribution is -2.39. The minimum atomic E-state index is -0.996. The molecule has 1 aromatic heterocycles. The third-order valence-corrected chi connectivity index (χ3v) is 6.69. The fourth-order valence-corrected chi connectivity index (χ4v) is 4.48. The van der Waals surface area contributed by atoms with E-state index in [9.17, 15) is 14.4 Å². The van der Waals surface area contributed by atoms with E-state index in [4.69, 9.17) is 9.84 Å². The molecule has 170 valence electrons. The number of nitrogens with one attached hydrogen (secondary N) is 2. The zero-order chi connectivity index (χ0) is 23.5. The van der Waals surface area contributed by atoms with E-state index >= 15 is 0 Å². The Balaban J connectivity index is 1.36. The summed E-state index contributed by atoms with van der Waals surface area (Å²) in [7, 11) is 0. The number of benzene rings is 2. The van der Waals surface area contributed by atoms with Crippen molar-refractivity contribution in [1.29, 1.82) is 0 Å². The smallest absolute Gasteiger partial charge is 0.413 e. The molecule has 0 bridgehead atoms. The van der Waals surface area contributed by atoms with Gasteiger partial charge in [-0.15, -0.1) is 0 Å². The Morgan fingerprint density at radius 2 is 1.67 bits per heavy atom. The van der Waals surface area contributed by atoms with Gasteiger partial charge in [0.1, 0.15) is 11.5 Å². The number of thiazole rings is 1. The number of carbonyl (C=O) groups is 3. The topological polar surface area (TPSA) is 118 Å². The third-order valence-electron chi connectivity index (χ3n) is 5.78. The van der Waals surface area contributed by atoms with Gasteiger partial charge < -0.3 is 15.2 Å². The first kappa shape index (κ1) is 22.5. The van der Waals surface area contributed by atoms with Crippen LogP contribution in [-0.2, 0) is 9.53 Å². The zero-order valence-electron chi connectivity index (χ0n) is 18.1. The number of hydrogen-bond donors (Lipinski definition) is 3. The highest BCUT2D eigenvalue weighted by Gasteiger charge is 2.29. The Morgan fingerprint density at radius 3 is 2.27 bits per heavy atom. The summed E-state index contributed by atoms with van der Waals surface area (Å²) in [6, 6.07) is 15.6. The van der Waals surface area contributed by atoms with Gasteiger partial charge in [0.15, 0.2) is 5.13 Å². The SMILES string of the molecule is CC(NC(=O)c1cnc(NC(=O)OCC2c3ccccc3-c3ccccc32)s1)C(C)C(=O)O. The molecule has 8 nitrogen and oxygen atoms in total. The Hall–Kier alpha value is -3.72. The maximum atomic E-state index is 12.4. The molecule has 3 N–H and O–H groups in total. The van der Waals surface area contributed by atoms with Gasteiger partial charge in [0.05, 0.1) is 12.1 Å². The fourth-order valence-electron chi connectivity index (χ4n) is 3.78. The highest BCUT2D eigenvalue weighted by Crippen LogP contribution is 2.44. The highest BCUT2D eigenvalue weighted by atomic mass is 32.1. The predicted molar refractivity (Wildman–Crippen MR) is 125 cm³/mol. The molecule has 1 aliphatic carbocycles. The summed E-state index contributed by atoms with van der Waals surface area (Å²) in [5, 5.41) is 14.5. The predicted octanol–water partition coefficient (Wildman–Crippen LogP) is 4.34. The summed E-state index contributed by atoms with van der Waals surface area (Å²) in [5.41, 5.74) is 4.52. The van der Waals surface area contributed by atoms with Gasteiger partial charge in [-0.1, -0.05) is 59.9 Å². The molecule has 1 heterocycles. The Bertz CT molecular complexity index is 1160. The molecule has 3 aromatic rings. The number of hydrogen-bond acceptors (Lipinski definition) is 6. The van der Waals surface area contributed by atoms with Crippen molar-refractivity contribution in [1.82, 2.24) is 10.3 Å². The molecule has 33 heavy (non-hydrogen) atoms. The van der Waals surface area contributed by atoms with E-state index in [0.29, 0.717) is 0 Å². The second-order valence-corrected chi connectivity index (χ2v) is 8.90. The van der Waals surface area contributed by atoms with Gasteiger partial charge in [-0.05, 0) is 36.1 Å². The van der Waals surface area contributed by atoms with Crippen LogP contribution in [0, 0.1) is 5.92 Å². The van der Waals surface area contributed by atoms with Gasteiger partial charge in [0.25, 0.3) is 5.91 Å². The van der Waals surface area contributed by atoms with Crippen LogP contribution in [0.5, 0.6) is 0 Å². The summed E-state index contributed by atoms with van der Waals surface area (Å²) in [5.74, 6) is -2.24. The molecule has 2 amide bonds. The molecule has 2 unspecified atom stereocenters. The van der Waals surface area contributed by atoms with E-state index in [1.807, 2.05) is 36.4 Å². The van der Waals surface area contributed by atoms with E-state index in [2.05, 4.69) is 27.8 Å². The van der Waals surface area contributed by atoms with E-state index in [-0.39, 0.29) is 22.5 Å². The molecular weight excluding hydrogens is 442 g/mol. The normalized spacial score (nSPS) is 14.0. The Kier molecular flexibility index (Phi) is 6.41. The van der Waals surface area contributed by atoms with Crippen molar-refractivity contribution in [2.75, 3.05) is 11.9 Å². The first-order valence-electron chi connectivity index (χ1n) is 10.5.